The Hall–Kier alpha value is -3.82. The Morgan fingerprint density at radius 1 is 0.743 bits per heavy atom. The molecule has 0 radical (unpaired) electrons. The topological polar surface area (TPSA) is 46.2 Å². The van der Waals surface area contributed by atoms with E-state index in [9.17, 15) is 9.59 Å². The minimum Gasteiger partial charge on any atom is -0.315 e. The predicted octanol–water partition coefficient (Wildman–Crippen LogP) is 5.99. The molecule has 3 heteroatoms. The predicted molar refractivity (Wildman–Crippen MR) is 140 cm³/mol. The summed E-state index contributed by atoms with van der Waals surface area (Å²) in [6.45, 7) is 3.81. The summed E-state index contributed by atoms with van der Waals surface area (Å²) < 4.78 is 0. The SMILES string of the molecule is CCc1ccccc1C1CNCCc2cc(C(=O)c3ccccc3)c(C(=O)c3ccccc3)cc21. The second kappa shape index (κ2) is 10.2. The first-order valence-electron chi connectivity index (χ1n) is 12.3. The van der Waals surface area contributed by atoms with Crippen LogP contribution >= 0.6 is 0 Å². The molecule has 0 fully saturated rings. The zero-order valence-corrected chi connectivity index (χ0v) is 20.0. The van der Waals surface area contributed by atoms with Crippen molar-refractivity contribution >= 4 is 11.6 Å². The molecule has 0 aliphatic carbocycles. The summed E-state index contributed by atoms with van der Waals surface area (Å²) in [7, 11) is 0. The summed E-state index contributed by atoms with van der Waals surface area (Å²) >= 11 is 0. The normalized spacial score (nSPS) is 15.2. The van der Waals surface area contributed by atoms with Gasteiger partial charge in [0, 0.05) is 34.7 Å². The molecule has 1 atom stereocenters. The van der Waals surface area contributed by atoms with Crippen LogP contribution < -0.4 is 5.32 Å². The maximum Gasteiger partial charge on any atom is 0.193 e. The molecule has 1 aliphatic heterocycles. The summed E-state index contributed by atoms with van der Waals surface area (Å²) in [5.74, 6) is -0.116. The molecule has 174 valence electrons. The van der Waals surface area contributed by atoms with Gasteiger partial charge in [0.1, 0.15) is 0 Å². The zero-order chi connectivity index (χ0) is 24.2. The molecule has 0 spiro atoms. The van der Waals surface area contributed by atoms with Gasteiger partial charge in [-0.1, -0.05) is 91.9 Å². The van der Waals surface area contributed by atoms with E-state index in [1.54, 1.807) is 0 Å². The molecule has 1 aliphatic rings. The summed E-state index contributed by atoms with van der Waals surface area (Å²) in [5.41, 5.74) is 7.01. The Kier molecular flexibility index (Phi) is 6.69. The molecule has 35 heavy (non-hydrogen) atoms. The van der Waals surface area contributed by atoms with Crippen LogP contribution in [0.15, 0.2) is 97.1 Å². The minimum absolute atomic E-state index is 0.115. The number of ketones is 2. The summed E-state index contributed by atoms with van der Waals surface area (Å²) in [6, 6.07) is 31.0. The van der Waals surface area contributed by atoms with Gasteiger partial charge in [-0.05, 0) is 53.8 Å². The van der Waals surface area contributed by atoms with Crippen LogP contribution in [0.1, 0.15) is 66.9 Å². The molecule has 5 rings (SSSR count). The van der Waals surface area contributed by atoms with Crippen LogP contribution in [0.4, 0.5) is 0 Å². The van der Waals surface area contributed by atoms with E-state index < -0.39 is 0 Å². The second-order valence-corrected chi connectivity index (χ2v) is 9.05. The molecule has 4 aromatic carbocycles. The highest BCUT2D eigenvalue weighted by molar-refractivity contribution is 6.19. The Bertz CT molecular complexity index is 1360. The molecule has 0 saturated carbocycles. The van der Waals surface area contributed by atoms with Crippen molar-refractivity contribution in [1.82, 2.24) is 5.32 Å². The lowest BCUT2D eigenvalue weighted by Gasteiger charge is -2.23. The third-order valence-electron chi connectivity index (χ3n) is 6.95. The van der Waals surface area contributed by atoms with E-state index in [1.165, 1.54) is 11.1 Å². The molecule has 3 nitrogen and oxygen atoms in total. The van der Waals surface area contributed by atoms with Crippen LogP contribution in [0.2, 0.25) is 0 Å². The van der Waals surface area contributed by atoms with Crippen molar-refractivity contribution in [3.05, 3.63) is 142 Å². The first-order valence-corrected chi connectivity index (χ1v) is 12.3. The molecular weight excluding hydrogens is 430 g/mol. The highest BCUT2D eigenvalue weighted by Crippen LogP contribution is 2.34. The smallest absolute Gasteiger partial charge is 0.193 e. The largest absolute Gasteiger partial charge is 0.315 e. The number of nitrogens with one attached hydrogen (secondary N) is 1. The van der Waals surface area contributed by atoms with E-state index in [1.807, 2.05) is 72.8 Å². The van der Waals surface area contributed by atoms with E-state index in [0.717, 1.165) is 37.1 Å². The number of fused-ring (bicyclic) bond motifs is 1. The van der Waals surface area contributed by atoms with E-state index in [4.69, 9.17) is 0 Å². The molecule has 1 N–H and O–H groups in total. The van der Waals surface area contributed by atoms with Crippen molar-refractivity contribution in [2.24, 2.45) is 0 Å². The van der Waals surface area contributed by atoms with E-state index >= 15 is 0 Å². The summed E-state index contributed by atoms with van der Waals surface area (Å²) in [4.78, 5) is 27.4. The third-order valence-corrected chi connectivity index (χ3v) is 6.95. The van der Waals surface area contributed by atoms with E-state index in [2.05, 4.69) is 36.5 Å². The van der Waals surface area contributed by atoms with Gasteiger partial charge in [-0.2, -0.15) is 0 Å². The van der Waals surface area contributed by atoms with Gasteiger partial charge < -0.3 is 5.32 Å². The molecule has 0 saturated heterocycles. The fraction of sp³-hybridized carbons (Fsp3) is 0.188. The maximum atomic E-state index is 13.8. The maximum absolute atomic E-state index is 13.8. The third kappa shape index (κ3) is 4.60. The van der Waals surface area contributed by atoms with Gasteiger partial charge in [0.2, 0.25) is 0 Å². The van der Waals surface area contributed by atoms with Crippen LogP contribution in [0.3, 0.4) is 0 Å². The number of carbonyl (C=O) groups excluding carboxylic acids is 2. The van der Waals surface area contributed by atoms with Gasteiger partial charge in [0.25, 0.3) is 0 Å². The van der Waals surface area contributed by atoms with Crippen molar-refractivity contribution in [2.75, 3.05) is 13.1 Å². The van der Waals surface area contributed by atoms with Crippen LogP contribution in [0, 0.1) is 0 Å². The Balaban J connectivity index is 1.71. The van der Waals surface area contributed by atoms with Gasteiger partial charge in [-0.15, -0.1) is 0 Å². The standard InChI is InChI=1S/C32H29NO2/c1-2-22-11-9-10-16-26(22)30-21-33-18-17-25-19-28(31(34)23-12-5-3-6-13-23)29(20-27(25)30)32(35)24-14-7-4-8-15-24/h3-16,19-20,30,33H,2,17-18,21H2,1H3. The van der Waals surface area contributed by atoms with Gasteiger partial charge in [-0.3, -0.25) is 9.59 Å². The lowest BCUT2D eigenvalue weighted by molar-refractivity contribution is 0.100. The Labute approximate surface area is 206 Å². The number of aryl methyl sites for hydroxylation is 1. The van der Waals surface area contributed by atoms with Gasteiger partial charge in [0.15, 0.2) is 11.6 Å². The van der Waals surface area contributed by atoms with Crippen LogP contribution in [-0.4, -0.2) is 24.7 Å². The minimum atomic E-state index is -0.118. The number of hydrogen-bond donors (Lipinski definition) is 1. The molecule has 1 heterocycles. The molecular formula is C32H29NO2. The first-order chi connectivity index (χ1) is 17.2. The number of rotatable bonds is 6. The van der Waals surface area contributed by atoms with Crippen LogP contribution in [0.5, 0.6) is 0 Å². The van der Waals surface area contributed by atoms with Crippen molar-refractivity contribution < 1.29 is 9.59 Å². The zero-order valence-electron chi connectivity index (χ0n) is 20.0. The van der Waals surface area contributed by atoms with E-state index in [0.29, 0.717) is 22.3 Å². The summed E-state index contributed by atoms with van der Waals surface area (Å²) in [6.07, 6.45) is 1.76. The highest BCUT2D eigenvalue weighted by atomic mass is 16.1. The number of carbonyl (C=O) groups is 2. The fourth-order valence-corrected chi connectivity index (χ4v) is 5.12. The average Bonchev–Trinajstić information content (AvgIpc) is 3.14. The summed E-state index contributed by atoms with van der Waals surface area (Å²) in [5, 5.41) is 3.58. The van der Waals surface area contributed by atoms with Crippen LogP contribution in [0.25, 0.3) is 0 Å². The number of hydrogen-bond acceptors (Lipinski definition) is 3. The van der Waals surface area contributed by atoms with Crippen molar-refractivity contribution in [2.45, 2.75) is 25.7 Å². The lowest BCUT2D eigenvalue weighted by Crippen LogP contribution is -2.22. The van der Waals surface area contributed by atoms with Gasteiger partial charge >= 0.3 is 0 Å². The average molecular weight is 460 g/mol. The molecule has 0 aromatic heterocycles. The number of benzene rings is 4. The van der Waals surface area contributed by atoms with Gasteiger partial charge in [-0.25, -0.2) is 0 Å². The monoisotopic (exact) mass is 459 g/mol. The molecule has 1 unspecified atom stereocenters. The molecule has 0 bridgehead atoms. The lowest BCUT2D eigenvalue weighted by atomic mass is 9.81. The van der Waals surface area contributed by atoms with Crippen molar-refractivity contribution in [3.63, 3.8) is 0 Å². The van der Waals surface area contributed by atoms with Crippen molar-refractivity contribution in [1.29, 1.82) is 0 Å². The molecule has 0 amide bonds. The second-order valence-electron chi connectivity index (χ2n) is 9.05. The van der Waals surface area contributed by atoms with Crippen LogP contribution in [-0.2, 0) is 12.8 Å². The Morgan fingerprint density at radius 2 is 1.31 bits per heavy atom. The first kappa shape index (κ1) is 22.9. The highest BCUT2D eigenvalue weighted by Gasteiger charge is 2.27. The van der Waals surface area contributed by atoms with E-state index in [-0.39, 0.29) is 17.5 Å². The Morgan fingerprint density at radius 3 is 1.94 bits per heavy atom. The fourth-order valence-electron chi connectivity index (χ4n) is 5.12. The molecule has 4 aromatic rings. The van der Waals surface area contributed by atoms with Crippen molar-refractivity contribution in [3.8, 4) is 0 Å². The van der Waals surface area contributed by atoms with Gasteiger partial charge in [0.05, 0.1) is 0 Å². The quantitative estimate of drug-likeness (QED) is 0.360.